The topological polar surface area (TPSA) is 96.0 Å². The van der Waals surface area contributed by atoms with E-state index in [1.807, 2.05) is 6.92 Å². The summed E-state index contributed by atoms with van der Waals surface area (Å²) in [6, 6.07) is 12.2. The second-order valence-corrected chi connectivity index (χ2v) is 9.46. The van der Waals surface area contributed by atoms with Crippen molar-refractivity contribution in [1.82, 2.24) is 0 Å². The Morgan fingerprint density at radius 2 is 1.90 bits per heavy atom. The predicted molar refractivity (Wildman–Crippen MR) is 114 cm³/mol. The van der Waals surface area contributed by atoms with Gasteiger partial charge in [0, 0.05) is 24.3 Å². The second-order valence-electron chi connectivity index (χ2n) is 7.56. The molecule has 158 valence electrons. The summed E-state index contributed by atoms with van der Waals surface area (Å²) in [4.78, 5) is 26.4. The van der Waals surface area contributed by atoms with Gasteiger partial charge in [-0.2, -0.15) is 0 Å². The third-order valence-electron chi connectivity index (χ3n) is 5.20. The van der Waals surface area contributed by atoms with E-state index in [1.54, 1.807) is 47.4 Å². The minimum Gasteiger partial charge on any atom is -0.476 e. The van der Waals surface area contributed by atoms with E-state index >= 15 is 0 Å². The number of benzene rings is 2. The normalized spacial score (nSPS) is 18.7. The van der Waals surface area contributed by atoms with Crippen LogP contribution in [0, 0.1) is 6.92 Å². The van der Waals surface area contributed by atoms with Gasteiger partial charge in [-0.15, -0.1) is 0 Å². The molecule has 2 amide bonds. The Labute approximate surface area is 175 Å². The largest absolute Gasteiger partial charge is 0.476 e. The first-order valence-corrected chi connectivity index (χ1v) is 11.5. The van der Waals surface area contributed by atoms with Crippen molar-refractivity contribution in [2.75, 3.05) is 33.9 Å². The van der Waals surface area contributed by atoms with Gasteiger partial charge in [0.2, 0.25) is 15.9 Å². The molecular formula is C21H23N3O5S. The molecule has 2 heterocycles. The molecular weight excluding hydrogens is 406 g/mol. The first-order valence-electron chi connectivity index (χ1n) is 9.69. The molecule has 1 N–H and O–H groups in total. The predicted octanol–water partition coefficient (Wildman–Crippen LogP) is 2.29. The molecule has 0 spiro atoms. The fraction of sp³-hybridized carbons (Fsp3) is 0.333. The van der Waals surface area contributed by atoms with E-state index in [1.165, 1.54) is 4.31 Å². The summed E-state index contributed by atoms with van der Waals surface area (Å²) in [5.74, 6) is -0.00245. The lowest BCUT2D eigenvalue weighted by atomic mass is 10.1. The number of carbonyl (C=O) groups is 2. The molecule has 1 unspecified atom stereocenters. The third kappa shape index (κ3) is 3.97. The molecule has 0 radical (unpaired) electrons. The van der Waals surface area contributed by atoms with Crippen LogP contribution in [0.5, 0.6) is 5.75 Å². The Morgan fingerprint density at radius 3 is 2.53 bits per heavy atom. The van der Waals surface area contributed by atoms with Crippen LogP contribution in [0.2, 0.25) is 0 Å². The fourth-order valence-electron chi connectivity index (χ4n) is 3.68. The SMILES string of the molecule is Cc1ccc2c(c1)N(S(C)(=O)=O)CC(C(=O)Nc1ccc(N3CCCC3=O)cc1)O2. The van der Waals surface area contributed by atoms with Crippen molar-refractivity contribution in [3.63, 3.8) is 0 Å². The zero-order valence-electron chi connectivity index (χ0n) is 16.8. The molecule has 30 heavy (non-hydrogen) atoms. The van der Waals surface area contributed by atoms with Crippen LogP contribution in [0.15, 0.2) is 42.5 Å². The number of ether oxygens (including phenoxy) is 1. The van der Waals surface area contributed by atoms with Gasteiger partial charge in [0.1, 0.15) is 5.75 Å². The summed E-state index contributed by atoms with van der Waals surface area (Å²) in [5, 5.41) is 2.77. The van der Waals surface area contributed by atoms with Crippen molar-refractivity contribution in [3.05, 3.63) is 48.0 Å². The number of fused-ring (bicyclic) bond motifs is 1. The lowest BCUT2D eigenvalue weighted by Crippen LogP contribution is -2.48. The van der Waals surface area contributed by atoms with Gasteiger partial charge >= 0.3 is 0 Å². The van der Waals surface area contributed by atoms with Gasteiger partial charge in [-0.3, -0.25) is 13.9 Å². The molecule has 2 aromatic carbocycles. The van der Waals surface area contributed by atoms with Gasteiger partial charge in [0.05, 0.1) is 18.5 Å². The van der Waals surface area contributed by atoms with Gasteiger partial charge < -0.3 is 15.0 Å². The average Bonchev–Trinajstić information content (AvgIpc) is 3.13. The van der Waals surface area contributed by atoms with Gasteiger partial charge in [0.25, 0.3) is 5.91 Å². The van der Waals surface area contributed by atoms with Crippen molar-refractivity contribution in [2.24, 2.45) is 0 Å². The smallest absolute Gasteiger partial charge is 0.267 e. The van der Waals surface area contributed by atoms with E-state index in [4.69, 9.17) is 4.74 Å². The lowest BCUT2D eigenvalue weighted by molar-refractivity contribution is -0.122. The zero-order chi connectivity index (χ0) is 21.5. The highest BCUT2D eigenvalue weighted by molar-refractivity contribution is 7.92. The second kappa shape index (κ2) is 7.64. The molecule has 1 atom stereocenters. The molecule has 2 aromatic rings. The maximum atomic E-state index is 12.8. The molecule has 2 aliphatic rings. The number of amides is 2. The number of anilines is 3. The maximum absolute atomic E-state index is 12.8. The molecule has 0 aromatic heterocycles. The summed E-state index contributed by atoms with van der Waals surface area (Å²) in [7, 11) is -3.58. The number of nitrogens with zero attached hydrogens (tertiary/aromatic N) is 2. The number of carbonyl (C=O) groups excluding carboxylic acids is 2. The first-order chi connectivity index (χ1) is 14.2. The van der Waals surface area contributed by atoms with Gasteiger partial charge in [0.15, 0.2) is 6.10 Å². The molecule has 0 saturated carbocycles. The van der Waals surface area contributed by atoms with E-state index in [9.17, 15) is 18.0 Å². The minimum absolute atomic E-state index is 0.0946. The highest BCUT2D eigenvalue weighted by Gasteiger charge is 2.35. The van der Waals surface area contributed by atoms with Crippen LogP contribution in [-0.4, -0.2) is 45.7 Å². The van der Waals surface area contributed by atoms with E-state index in [2.05, 4.69) is 5.32 Å². The minimum atomic E-state index is -3.58. The van der Waals surface area contributed by atoms with E-state index in [0.29, 0.717) is 30.1 Å². The van der Waals surface area contributed by atoms with Crippen LogP contribution in [0.25, 0.3) is 0 Å². The van der Waals surface area contributed by atoms with Crippen molar-refractivity contribution in [1.29, 1.82) is 0 Å². The first kappa shape index (κ1) is 20.2. The van der Waals surface area contributed by atoms with E-state index in [-0.39, 0.29) is 12.5 Å². The van der Waals surface area contributed by atoms with Crippen LogP contribution in [-0.2, 0) is 19.6 Å². The Hall–Kier alpha value is -3.07. The molecule has 1 saturated heterocycles. The average molecular weight is 429 g/mol. The number of rotatable bonds is 4. The molecule has 0 bridgehead atoms. The van der Waals surface area contributed by atoms with Crippen LogP contribution in [0.3, 0.4) is 0 Å². The fourth-order valence-corrected chi connectivity index (χ4v) is 4.59. The Balaban J connectivity index is 1.51. The van der Waals surface area contributed by atoms with Gasteiger partial charge in [-0.25, -0.2) is 8.42 Å². The van der Waals surface area contributed by atoms with Crippen molar-refractivity contribution >= 4 is 38.9 Å². The van der Waals surface area contributed by atoms with Gasteiger partial charge in [-0.05, 0) is 55.3 Å². The maximum Gasteiger partial charge on any atom is 0.267 e. The molecule has 1 fully saturated rings. The van der Waals surface area contributed by atoms with Crippen molar-refractivity contribution < 1.29 is 22.7 Å². The van der Waals surface area contributed by atoms with Crippen LogP contribution >= 0.6 is 0 Å². The van der Waals surface area contributed by atoms with Crippen molar-refractivity contribution in [3.8, 4) is 5.75 Å². The Bertz CT molecular complexity index is 1100. The van der Waals surface area contributed by atoms with E-state index < -0.39 is 22.0 Å². The number of hydrogen-bond donors (Lipinski definition) is 1. The Kier molecular flexibility index (Phi) is 5.15. The standard InChI is InChI=1S/C21H23N3O5S/c1-14-5-10-18-17(12-14)24(30(2,27)28)13-19(29-18)21(26)22-15-6-8-16(9-7-15)23-11-3-4-20(23)25/h5-10,12,19H,3-4,11,13H2,1-2H3,(H,22,26). The number of nitrogens with one attached hydrogen (secondary N) is 1. The molecule has 9 heteroatoms. The number of hydrogen-bond acceptors (Lipinski definition) is 5. The highest BCUT2D eigenvalue weighted by Crippen LogP contribution is 2.36. The monoisotopic (exact) mass is 429 g/mol. The van der Waals surface area contributed by atoms with Gasteiger partial charge in [-0.1, -0.05) is 6.07 Å². The van der Waals surface area contributed by atoms with Crippen LogP contribution in [0.1, 0.15) is 18.4 Å². The molecule has 2 aliphatic heterocycles. The molecule has 8 nitrogen and oxygen atoms in total. The molecule has 4 rings (SSSR count). The summed E-state index contributed by atoms with van der Waals surface area (Å²) >= 11 is 0. The number of aryl methyl sites for hydroxylation is 1. The third-order valence-corrected chi connectivity index (χ3v) is 6.34. The summed E-state index contributed by atoms with van der Waals surface area (Å²) in [6.45, 7) is 2.45. The number of sulfonamides is 1. The van der Waals surface area contributed by atoms with Crippen molar-refractivity contribution in [2.45, 2.75) is 25.9 Å². The lowest BCUT2D eigenvalue weighted by Gasteiger charge is -2.34. The quantitative estimate of drug-likeness (QED) is 0.805. The van der Waals surface area contributed by atoms with Crippen LogP contribution < -0.4 is 19.3 Å². The summed E-state index contributed by atoms with van der Waals surface area (Å²) in [6.07, 6.45) is 1.51. The van der Waals surface area contributed by atoms with E-state index in [0.717, 1.165) is 23.9 Å². The Morgan fingerprint density at radius 1 is 1.17 bits per heavy atom. The highest BCUT2D eigenvalue weighted by atomic mass is 32.2. The summed E-state index contributed by atoms with van der Waals surface area (Å²) in [5.41, 5.74) is 2.66. The summed E-state index contributed by atoms with van der Waals surface area (Å²) < 4.78 is 31.6. The zero-order valence-corrected chi connectivity index (χ0v) is 17.6. The molecule has 0 aliphatic carbocycles. The van der Waals surface area contributed by atoms with Crippen LogP contribution in [0.4, 0.5) is 17.1 Å².